The van der Waals surface area contributed by atoms with E-state index < -0.39 is 51.1 Å². The van der Waals surface area contributed by atoms with Gasteiger partial charge in [0.1, 0.15) is 0 Å². The summed E-state index contributed by atoms with van der Waals surface area (Å²) in [5.41, 5.74) is 31.4. The van der Waals surface area contributed by atoms with Gasteiger partial charge in [0.05, 0.1) is 34.0 Å². The van der Waals surface area contributed by atoms with Crippen LogP contribution in [0.3, 0.4) is 0 Å². The zero-order valence-corrected chi connectivity index (χ0v) is 103. The van der Waals surface area contributed by atoms with Crippen LogP contribution in [-0.4, -0.2) is 93.6 Å². The molecule has 18 rings (SSSR count). The Bertz CT molecular complexity index is 4870. The number of hydrogen-bond acceptors (Lipinski definition) is 2. The van der Waals surface area contributed by atoms with Gasteiger partial charge in [0.15, 0.2) is 20.0 Å². The molecule has 7 aromatic rings. The molecule has 3 aliphatic heterocycles. The summed E-state index contributed by atoms with van der Waals surface area (Å²) in [6.45, 7) is 61.6. The van der Waals surface area contributed by atoms with E-state index in [4.69, 9.17) is 43.4 Å². The van der Waals surface area contributed by atoms with Crippen LogP contribution in [0.25, 0.3) is 15.8 Å². The fourth-order valence-corrected chi connectivity index (χ4v) is 49.0. The third-order valence-electron chi connectivity index (χ3n) is 30.9. The topological polar surface area (TPSA) is 23.6 Å². The van der Waals surface area contributed by atoms with Crippen LogP contribution in [0.4, 0.5) is 30.0 Å². The predicted octanol–water partition coefficient (Wildman–Crippen LogP) is 34.4. The number of anilines is 2. The summed E-state index contributed by atoms with van der Waals surface area (Å²) in [6, 6.07) is 57.3. The van der Waals surface area contributed by atoms with Crippen LogP contribution in [0.1, 0.15) is 397 Å². The van der Waals surface area contributed by atoms with Gasteiger partial charge in [-0.1, -0.05) is 211 Å². The van der Waals surface area contributed by atoms with Crippen LogP contribution in [0.2, 0.25) is 32.7 Å². The molecule has 3 heterocycles. The van der Waals surface area contributed by atoms with Crippen molar-refractivity contribution in [3.63, 3.8) is 0 Å². The maximum absolute atomic E-state index is 9.67. The molecule has 2 saturated heterocycles. The molecule has 145 heavy (non-hydrogen) atoms. The predicted molar refractivity (Wildman–Crippen MR) is 640 cm³/mol. The van der Waals surface area contributed by atoms with Gasteiger partial charge in [-0.3, -0.25) is 12.9 Å². The largest absolute Gasteiger partial charge is 1.00 e. The second-order valence-corrected chi connectivity index (χ2v) is 75.5. The summed E-state index contributed by atoms with van der Waals surface area (Å²) in [7, 11) is 18.5. The molecule has 7 aromatic carbocycles. The van der Waals surface area contributed by atoms with E-state index in [1.165, 1.54) is 148 Å². The molecule has 20 heteroatoms. The zero-order chi connectivity index (χ0) is 103. The van der Waals surface area contributed by atoms with Crippen molar-refractivity contribution in [3.05, 3.63) is 267 Å². The van der Waals surface area contributed by atoms with Crippen LogP contribution >= 0.6 is 54.6 Å². The Morgan fingerprint density at radius 2 is 0.669 bits per heavy atom. The van der Waals surface area contributed by atoms with E-state index >= 15 is 0 Å². The number of nitrogens with zero attached hydrogens (tertiary/aromatic N) is 4. The number of rotatable bonds is 16. The van der Waals surface area contributed by atoms with Gasteiger partial charge >= 0.3 is 266 Å². The van der Waals surface area contributed by atoms with Crippen molar-refractivity contribution < 1.29 is 68.1 Å². The number of halogens is 8. The molecule has 8 fully saturated rings. The summed E-state index contributed by atoms with van der Waals surface area (Å²) >= 11 is -3.76. The first-order valence-corrected chi connectivity index (χ1v) is 75.4. The van der Waals surface area contributed by atoms with Crippen molar-refractivity contribution in [3.8, 4) is 0 Å². The van der Waals surface area contributed by atoms with Gasteiger partial charge in [-0.05, 0) is 264 Å². The van der Waals surface area contributed by atoms with E-state index in [0.29, 0.717) is 0 Å². The minimum absolute atomic E-state index is 0. The van der Waals surface area contributed by atoms with Gasteiger partial charge in [-0.15, -0.1) is 10.8 Å². The minimum atomic E-state index is -3.67. The fraction of sp³-hybridized carbons (Fsp3) is 0.584. The number of benzene rings is 7. The molecular weight excluding hydrogens is 2110 g/mol. The van der Waals surface area contributed by atoms with E-state index in [1.807, 2.05) is 48.5 Å². The Balaban J connectivity index is 0.000000252. The molecule has 0 N–H and O–H groups in total. The molecule has 0 atom stereocenters. The summed E-state index contributed by atoms with van der Waals surface area (Å²) < 4.78 is 38.5. The van der Waals surface area contributed by atoms with E-state index in [-0.39, 0.29) is 87.1 Å². The van der Waals surface area contributed by atoms with Crippen molar-refractivity contribution in [2.45, 2.75) is 454 Å². The molecule has 11 aliphatic rings. The van der Waals surface area contributed by atoms with Crippen LogP contribution in [0.5, 0.6) is 0 Å². The number of aryl methyl sites for hydroxylation is 6. The average Bonchev–Trinajstić information content (AvgIpc) is 1.62. The standard InChI is InChI=1S/2C18H33P.3C17H26N.2C15H10.C6H17NSi2.2CH4.BF3.4ClH.FH.Li.2Ru/c2*1-4-10-16(11-5-1)19(17-12-6-2-7-13-17)18-14-8-3-9-15-18;3*1-7-14-10-8-9-13(2)15(14)18-12-16(3,4)11-17(18,5)6;2*1-2-6-12(7-3-1)15-11-10-13-8-4-5-9-14(13)15;1-8(2,3)7-9(4,5)6;;;2-1(3)4;;;;;;;;/h2*16-18H,1-15H2;3*8-10,12H,7,11H2,1-6H3;2*1-9,11H;1H2,2-6H3;2*1H4;;5*1H;;;/q;;2*-1;+1;;;;;;;;;;;;+1;2*+2/p-3. The van der Waals surface area contributed by atoms with Crippen molar-refractivity contribution in [2.75, 3.05) is 9.80 Å². The molecule has 4 nitrogen and oxygen atoms in total. The van der Waals surface area contributed by atoms with E-state index in [2.05, 4.69) is 325 Å². The van der Waals surface area contributed by atoms with Crippen molar-refractivity contribution in [1.82, 2.24) is 0 Å². The monoisotopic (exact) mass is 2300 g/mol. The molecule has 804 valence electrons. The summed E-state index contributed by atoms with van der Waals surface area (Å²) in [5, 5.41) is 0. The summed E-state index contributed by atoms with van der Waals surface area (Å²) in [4.78, 5) is 5.03. The number of fused-ring (bicyclic) bond motifs is 2. The molecule has 0 aromatic heterocycles. The first kappa shape index (κ1) is 131. The maximum Gasteiger partial charge on any atom is 1.00 e. The van der Waals surface area contributed by atoms with Crippen molar-refractivity contribution in [1.29, 1.82) is 0 Å². The minimum Gasteiger partial charge on any atom is -1.00 e. The normalized spacial score (nSPS) is 20.0. The molecule has 0 unspecified atom stereocenters. The van der Waals surface area contributed by atoms with Gasteiger partial charge in [-0.2, -0.15) is 4.58 Å². The van der Waals surface area contributed by atoms with Gasteiger partial charge in [0, 0.05) is 75.1 Å². The molecule has 0 amide bonds. The van der Waals surface area contributed by atoms with Crippen molar-refractivity contribution in [2.24, 2.45) is 16.2 Å². The van der Waals surface area contributed by atoms with Gasteiger partial charge in [0.25, 0.3) is 0 Å². The fourth-order valence-electron chi connectivity index (χ4n) is 26.3. The number of allylic oxidation sites excluding steroid dienone is 2. The van der Waals surface area contributed by atoms with Gasteiger partial charge in [-0.25, -0.2) is 13.1 Å². The molecule has 0 bridgehead atoms. The Morgan fingerprint density at radius 3 is 0.903 bits per heavy atom. The summed E-state index contributed by atoms with van der Waals surface area (Å²) in [6.07, 6.45) is 61.2. The van der Waals surface area contributed by atoms with Gasteiger partial charge in [0.2, 0.25) is 5.69 Å². The third-order valence-corrected chi connectivity index (χ3v) is 51.4. The Morgan fingerprint density at radius 1 is 0.400 bits per heavy atom. The third kappa shape index (κ3) is 39.1. The second kappa shape index (κ2) is 60.9. The first-order chi connectivity index (χ1) is 66.7. The smallest absolute Gasteiger partial charge is 1.00 e. The first-order valence-electron chi connectivity index (χ1n) is 54.6. The molecule has 8 aliphatic carbocycles. The second-order valence-electron chi connectivity index (χ2n) is 48.1. The Labute approximate surface area is 927 Å². The van der Waals surface area contributed by atoms with Crippen molar-refractivity contribution >= 4 is 121 Å². The quantitative estimate of drug-likeness (QED) is 0.0316. The molecule has 0 spiro atoms. The molecular formula is C125H191BCl4F4LiN4P2Ru2Si2+. The number of para-hydroxylation sites is 3. The zero-order valence-electron chi connectivity index (χ0n) is 92.7. The van der Waals surface area contributed by atoms with E-state index in [1.54, 1.807) is 193 Å². The van der Waals surface area contributed by atoms with Crippen LogP contribution in [-0.2, 0) is 46.3 Å². The Kier molecular flexibility index (Phi) is 54.8. The maximum atomic E-state index is 9.67. The van der Waals surface area contributed by atoms with Crippen LogP contribution < -0.4 is 33.4 Å². The van der Waals surface area contributed by atoms with Gasteiger partial charge < -0.3 is 19.2 Å². The van der Waals surface area contributed by atoms with Crippen LogP contribution in [0, 0.1) is 56.7 Å². The SMILES string of the molecule is C.C.C1CCC([PH+](C2CCCCC2)C2CCCCC2)CC1.C1CCC([PH+](C2CCCCC2)C2CCCCC2)CC1.CCc1cccc(C)c1N1[CH-]C(C)(C)CC1(C)C.CCc1cccc(C)c1N1[CH-]C(C)(C)CC1(C)C.CCc1cccc(C)c1[N+]1=CC(C)(C)CC1(C)C.FB(F)F.[CH2+][Si](C)(C)[N-][Si](C)(C)C.[Cl][Ru]([Cl])=[C]1C=C(c2ccccc2)c2ccccc21.[Cl][Ru]([Cl])=[C]1C=C(c2ccccc2)c2ccccc21.[F-].[Li+]. The molecule has 0 radical (unpaired) electrons. The van der Waals surface area contributed by atoms with Crippen LogP contribution in [0.15, 0.2) is 176 Å². The van der Waals surface area contributed by atoms with E-state index in [9.17, 15) is 12.9 Å². The summed E-state index contributed by atoms with van der Waals surface area (Å²) in [5.74, 6) is 0. The molecule has 6 saturated carbocycles. The number of hydrogen-bond donors (Lipinski definition) is 0. The average molecular weight is 2310 g/mol. The Hall–Kier alpha value is -3.06. The van der Waals surface area contributed by atoms with E-state index in [0.717, 1.165) is 27.5 Å².